The third-order valence-electron chi connectivity index (χ3n) is 2.25. The molecular formula is C11H14O5. The Morgan fingerprint density at radius 1 is 1.50 bits per heavy atom. The van der Waals surface area contributed by atoms with Crippen LogP contribution in [0.5, 0.6) is 11.5 Å². The van der Waals surface area contributed by atoms with Gasteiger partial charge in [0, 0.05) is 6.42 Å². The number of hydrogen-bond acceptors (Lipinski definition) is 4. The first-order valence-electron chi connectivity index (χ1n) is 4.68. The lowest BCUT2D eigenvalue weighted by molar-refractivity contribution is -0.156. The van der Waals surface area contributed by atoms with Crippen molar-refractivity contribution in [2.75, 3.05) is 7.11 Å². The first kappa shape index (κ1) is 12.3. The van der Waals surface area contributed by atoms with E-state index in [9.17, 15) is 15.0 Å². The molecule has 5 heteroatoms. The average Bonchev–Trinajstić information content (AvgIpc) is 2.17. The van der Waals surface area contributed by atoms with Gasteiger partial charge in [0.25, 0.3) is 0 Å². The standard InChI is InChI=1S/C11H14O5/c1-11(15,10(13)14)6-7-3-4-9(16-2)8(12)5-7/h3-5,12,15H,6H2,1-2H3,(H,13,14). The number of carbonyl (C=O) groups is 1. The van der Waals surface area contributed by atoms with Crippen molar-refractivity contribution < 1.29 is 24.9 Å². The fourth-order valence-electron chi connectivity index (χ4n) is 1.32. The normalized spacial score (nSPS) is 14.2. The second-order valence-electron chi connectivity index (χ2n) is 3.76. The summed E-state index contributed by atoms with van der Waals surface area (Å²) in [5.41, 5.74) is -1.33. The zero-order chi connectivity index (χ0) is 12.3. The summed E-state index contributed by atoms with van der Waals surface area (Å²) in [6.45, 7) is 1.20. The van der Waals surface area contributed by atoms with Crippen LogP contribution in [0.15, 0.2) is 18.2 Å². The van der Waals surface area contributed by atoms with Crippen LogP contribution in [-0.4, -0.2) is 34.0 Å². The molecule has 16 heavy (non-hydrogen) atoms. The van der Waals surface area contributed by atoms with Crippen LogP contribution in [0.2, 0.25) is 0 Å². The number of aliphatic hydroxyl groups is 1. The molecule has 0 bridgehead atoms. The Morgan fingerprint density at radius 3 is 2.56 bits per heavy atom. The van der Waals surface area contributed by atoms with E-state index in [4.69, 9.17) is 9.84 Å². The molecule has 0 saturated heterocycles. The van der Waals surface area contributed by atoms with Gasteiger partial charge in [0.05, 0.1) is 7.11 Å². The van der Waals surface area contributed by atoms with Crippen molar-refractivity contribution in [1.82, 2.24) is 0 Å². The van der Waals surface area contributed by atoms with Crippen molar-refractivity contribution in [1.29, 1.82) is 0 Å². The summed E-state index contributed by atoms with van der Waals surface area (Å²) < 4.78 is 4.85. The third kappa shape index (κ3) is 2.64. The first-order chi connectivity index (χ1) is 7.36. The number of carboxylic acid groups (broad SMARTS) is 1. The molecular weight excluding hydrogens is 212 g/mol. The van der Waals surface area contributed by atoms with Crippen LogP contribution in [0.25, 0.3) is 0 Å². The van der Waals surface area contributed by atoms with Gasteiger partial charge in [-0.25, -0.2) is 4.79 Å². The van der Waals surface area contributed by atoms with E-state index in [0.29, 0.717) is 11.3 Å². The number of phenolic OH excluding ortho intramolecular Hbond substituents is 1. The summed E-state index contributed by atoms with van der Waals surface area (Å²) in [6, 6.07) is 4.48. The molecule has 5 nitrogen and oxygen atoms in total. The number of aliphatic carboxylic acids is 1. The largest absolute Gasteiger partial charge is 0.504 e. The molecule has 1 atom stereocenters. The molecule has 0 aromatic heterocycles. The van der Waals surface area contributed by atoms with E-state index in [-0.39, 0.29) is 12.2 Å². The van der Waals surface area contributed by atoms with E-state index in [1.807, 2.05) is 0 Å². The van der Waals surface area contributed by atoms with Crippen LogP contribution in [0, 0.1) is 0 Å². The van der Waals surface area contributed by atoms with Gasteiger partial charge < -0.3 is 20.1 Å². The topological polar surface area (TPSA) is 87.0 Å². The highest BCUT2D eigenvalue weighted by atomic mass is 16.5. The SMILES string of the molecule is COc1ccc(CC(C)(O)C(=O)O)cc1O. The predicted octanol–water partition coefficient (Wildman–Crippen LogP) is 0.779. The minimum absolute atomic E-state index is 0.0822. The molecule has 0 heterocycles. The van der Waals surface area contributed by atoms with Gasteiger partial charge in [-0.1, -0.05) is 6.07 Å². The number of phenols is 1. The Labute approximate surface area is 92.9 Å². The molecule has 0 aliphatic rings. The quantitative estimate of drug-likeness (QED) is 0.706. The zero-order valence-corrected chi connectivity index (χ0v) is 9.10. The maximum Gasteiger partial charge on any atom is 0.335 e. The van der Waals surface area contributed by atoms with Crippen LogP contribution in [0.1, 0.15) is 12.5 Å². The molecule has 0 spiro atoms. The van der Waals surface area contributed by atoms with E-state index in [1.54, 1.807) is 6.07 Å². The summed E-state index contributed by atoms with van der Waals surface area (Å²) >= 11 is 0. The van der Waals surface area contributed by atoms with Gasteiger partial charge >= 0.3 is 5.97 Å². The molecule has 1 unspecified atom stereocenters. The van der Waals surface area contributed by atoms with Crippen LogP contribution in [-0.2, 0) is 11.2 Å². The number of rotatable bonds is 4. The van der Waals surface area contributed by atoms with Crippen molar-refractivity contribution in [3.05, 3.63) is 23.8 Å². The van der Waals surface area contributed by atoms with Crippen LogP contribution >= 0.6 is 0 Å². The number of hydrogen-bond donors (Lipinski definition) is 3. The van der Waals surface area contributed by atoms with Crippen molar-refractivity contribution in [2.24, 2.45) is 0 Å². The second-order valence-corrected chi connectivity index (χ2v) is 3.76. The van der Waals surface area contributed by atoms with Gasteiger partial charge in [-0.2, -0.15) is 0 Å². The Morgan fingerprint density at radius 2 is 2.12 bits per heavy atom. The second kappa shape index (κ2) is 4.40. The lowest BCUT2D eigenvalue weighted by Gasteiger charge is -2.18. The summed E-state index contributed by atoms with van der Waals surface area (Å²) in [5.74, 6) is -1.08. The molecule has 0 amide bonds. The van der Waals surface area contributed by atoms with Gasteiger partial charge in [0.1, 0.15) is 0 Å². The molecule has 0 fully saturated rings. The van der Waals surface area contributed by atoms with Crippen LogP contribution in [0.3, 0.4) is 0 Å². The summed E-state index contributed by atoms with van der Waals surface area (Å²) in [4.78, 5) is 10.7. The first-order valence-corrected chi connectivity index (χ1v) is 4.68. The van der Waals surface area contributed by atoms with Crippen molar-refractivity contribution in [3.63, 3.8) is 0 Å². The molecule has 1 aromatic carbocycles. The maximum absolute atomic E-state index is 10.7. The minimum atomic E-state index is -1.85. The molecule has 88 valence electrons. The summed E-state index contributed by atoms with van der Waals surface area (Å²) in [6.07, 6.45) is -0.0834. The van der Waals surface area contributed by atoms with E-state index in [1.165, 1.54) is 26.2 Å². The van der Waals surface area contributed by atoms with Crippen molar-refractivity contribution in [2.45, 2.75) is 18.9 Å². The molecule has 0 aliphatic heterocycles. The van der Waals surface area contributed by atoms with E-state index in [2.05, 4.69) is 0 Å². The fraction of sp³-hybridized carbons (Fsp3) is 0.364. The minimum Gasteiger partial charge on any atom is -0.504 e. The molecule has 3 N–H and O–H groups in total. The van der Waals surface area contributed by atoms with Crippen LogP contribution in [0.4, 0.5) is 0 Å². The predicted molar refractivity (Wildman–Crippen MR) is 56.6 cm³/mol. The highest BCUT2D eigenvalue weighted by molar-refractivity contribution is 5.77. The Bertz CT molecular complexity index is 397. The Kier molecular flexibility index (Phi) is 3.39. The monoisotopic (exact) mass is 226 g/mol. The van der Waals surface area contributed by atoms with Gasteiger partial charge in [0.15, 0.2) is 17.1 Å². The third-order valence-corrected chi connectivity index (χ3v) is 2.25. The van der Waals surface area contributed by atoms with Crippen LogP contribution < -0.4 is 4.74 Å². The summed E-state index contributed by atoms with van der Waals surface area (Å²) in [5, 5.41) is 27.8. The molecule has 0 aliphatic carbocycles. The van der Waals surface area contributed by atoms with Gasteiger partial charge in [-0.15, -0.1) is 0 Å². The van der Waals surface area contributed by atoms with Gasteiger partial charge in [-0.3, -0.25) is 0 Å². The smallest absolute Gasteiger partial charge is 0.335 e. The lowest BCUT2D eigenvalue weighted by Crippen LogP contribution is -2.37. The highest BCUT2D eigenvalue weighted by Gasteiger charge is 2.30. The van der Waals surface area contributed by atoms with E-state index in [0.717, 1.165) is 0 Å². The molecule has 1 aromatic rings. The molecule has 0 saturated carbocycles. The molecule has 1 rings (SSSR count). The number of benzene rings is 1. The maximum atomic E-state index is 10.7. The molecule has 0 radical (unpaired) electrons. The lowest BCUT2D eigenvalue weighted by atomic mass is 9.96. The van der Waals surface area contributed by atoms with Crippen molar-refractivity contribution in [3.8, 4) is 11.5 Å². The number of aromatic hydroxyl groups is 1. The van der Waals surface area contributed by atoms with E-state index < -0.39 is 11.6 Å². The highest BCUT2D eigenvalue weighted by Crippen LogP contribution is 2.27. The van der Waals surface area contributed by atoms with Crippen molar-refractivity contribution >= 4 is 5.97 Å². The summed E-state index contributed by atoms with van der Waals surface area (Å²) in [7, 11) is 1.42. The van der Waals surface area contributed by atoms with Gasteiger partial charge in [0.2, 0.25) is 0 Å². The fourth-order valence-corrected chi connectivity index (χ4v) is 1.32. The Hall–Kier alpha value is -1.75. The number of methoxy groups -OCH3 is 1. The zero-order valence-electron chi connectivity index (χ0n) is 9.10. The van der Waals surface area contributed by atoms with E-state index >= 15 is 0 Å². The van der Waals surface area contributed by atoms with Gasteiger partial charge in [-0.05, 0) is 24.6 Å². The number of carboxylic acids is 1. The average molecular weight is 226 g/mol. The number of ether oxygens (including phenoxy) is 1. The Balaban J connectivity index is 2.91.